The van der Waals surface area contributed by atoms with Gasteiger partial charge in [-0.2, -0.15) is 0 Å². The summed E-state index contributed by atoms with van der Waals surface area (Å²) in [5, 5.41) is 13.0. The van der Waals surface area contributed by atoms with Crippen LogP contribution in [0, 0.1) is 23.4 Å². The fraction of sp³-hybridized carbons (Fsp3) is 0.385. The van der Waals surface area contributed by atoms with Crippen molar-refractivity contribution in [2.24, 2.45) is 5.92 Å². The number of halogens is 3. The zero-order valence-electron chi connectivity index (χ0n) is 11.4. The molecule has 1 aromatic rings. The molecule has 0 saturated carbocycles. The Balaban J connectivity index is 2.73. The van der Waals surface area contributed by atoms with E-state index in [4.69, 9.17) is 5.11 Å². The first-order valence-electron chi connectivity index (χ1n) is 6.13. The molecule has 2 amide bonds. The van der Waals surface area contributed by atoms with Gasteiger partial charge in [0.2, 0.25) is 0 Å². The van der Waals surface area contributed by atoms with Gasteiger partial charge < -0.3 is 15.7 Å². The third-order valence-electron chi connectivity index (χ3n) is 2.96. The fourth-order valence-electron chi connectivity index (χ4n) is 1.37. The summed E-state index contributed by atoms with van der Waals surface area (Å²) in [7, 11) is 0. The molecular formula is C13H15F3N2O3. The maximum Gasteiger partial charge on any atom is 0.313 e. The zero-order valence-corrected chi connectivity index (χ0v) is 11.4. The Bertz CT molecular complexity index is 552. The Labute approximate surface area is 119 Å². The highest BCUT2D eigenvalue weighted by Gasteiger charge is 2.21. The van der Waals surface area contributed by atoms with Gasteiger partial charge in [0, 0.05) is 24.8 Å². The topological polar surface area (TPSA) is 78.4 Å². The average Bonchev–Trinajstić information content (AvgIpc) is 2.43. The van der Waals surface area contributed by atoms with Gasteiger partial charge >= 0.3 is 11.8 Å². The average molecular weight is 304 g/mol. The lowest BCUT2D eigenvalue weighted by Crippen LogP contribution is -2.44. The van der Waals surface area contributed by atoms with E-state index in [1.165, 1.54) is 0 Å². The van der Waals surface area contributed by atoms with E-state index in [0.717, 1.165) is 0 Å². The normalized spacial score (nSPS) is 13.4. The summed E-state index contributed by atoms with van der Waals surface area (Å²) in [6, 6.07) is 0.206. The Kier molecular flexibility index (Phi) is 5.71. The van der Waals surface area contributed by atoms with Crippen molar-refractivity contribution in [3.63, 3.8) is 0 Å². The Morgan fingerprint density at radius 1 is 1.10 bits per heavy atom. The first-order chi connectivity index (χ1) is 9.76. The van der Waals surface area contributed by atoms with Crippen molar-refractivity contribution >= 4 is 17.5 Å². The van der Waals surface area contributed by atoms with Gasteiger partial charge in [-0.3, -0.25) is 9.59 Å². The van der Waals surface area contributed by atoms with Crippen LogP contribution in [-0.4, -0.2) is 29.6 Å². The number of rotatable bonds is 4. The monoisotopic (exact) mass is 304 g/mol. The summed E-state index contributed by atoms with van der Waals surface area (Å²) in [4.78, 5) is 23.1. The van der Waals surface area contributed by atoms with E-state index in [9.17, 15) is 22.8 Å². The predicted molar refractivity (Wildman–Crippen MR) is 68.8 cm³/mol. The largest absolute Gasteiger partial charge is 0.396 e. The van der Waals surface area contributed by atoms with E-state index in [1.807, 2.05) is 5.32 Å². The van der Waals surface area contributed by atoms with Crippen molar-refractivity contribution in [1.29, 1.82) is 0 Å². The molecule has 21 heavy (non-hydrogen) atoms. The van der Waals surface area contributed by atoms with Crippen LogP contribution in [0.4, 0.5) is 18.9 Å². The van der Waals surface area contributed by atoms with Crippen LogP contribution in [0.15, 0.2) is 12.1 Å². The standard InChI is InChI=1S/C13H15F3N2O3/c1-6(5-19)7(2)17-12(20)13(21)18-11-4-9(15)8(14)3-10(11)16/h3-4,6-7,19H,5H2,1-2H3,(H,17,20)(H,18,21). The van der Waals surface area contributed by atoms with Gasteiger partial charge in [-0.05, 0) is 12.8 Å². The van der Waals surface area contributed by atoms with Gasteiger partial charge in [0.05, 0.1) is 5.69 Å². The second-order valence-corrected chi connectivity index (χ2v) is 4.62. The number of hydrogen-bond acceptors (Lipinski definition) is 3. The minimum Gasteiger partial charge on any atom is -0.396 e. The van der Waals surface area contributed by atoms with Crippen LogP contribution < -0.4 is 10.6 Å². The number of aliphatic hydroxyl groups is 1. The molecule has 5 nitrogen and oxygen atoms in total. The highest BCUT2D eigenvalue weighted by atomic mass is 19.2. The number of aliphatic hydroxyl groups excluding tert-OH is 1. The number of carbonyl (C=O) groups is 2. The molecule has 1 aromatic carbocycles. The molecule has 0 aromatic heterocycles. The lowest BCUT2D eigenvalue weighted by molar-refractivity contribution is -0.136. The molecule has 2 unspecified atom stereocenters. The molecule has 0 heterocycles. The number of benzene rings is 1. The van der Waals surface area contributed by atoms with E-state index < -0.39 is 41.0 Å². The molecule has 1 rings (SSSR count). The van der Waals surface area contributed by atoms with Gasteiger partial charge in [-0.25, -0.2) is 13.2 Å². The molecule has 8 heteroatoms. The molecule has 116 valence electrons. The first kappa shape index (κ1) is 17.0. The molecular weight excluding hydrogens is 289 g/mol. The number of amides is 2. The molecule has 0 saturated heterocycles. The van der Waals surface area contributed by atoms with Crippen molar-refractivity contribution in [2.75, 3.05) is 11.9 Å². The third kappa shape index (κ3) is 4.45. The molecule has 0 spiro atoms. The quantitative estimate of drug-likeness (QED) is 0.577. The van der Waals surface area contributed by atoms with Gasteiger partial charge in [0.15, 0.2) is 11.6 Å². The zero-order chi connectivity index (χ0) is 16.2. The van der Waals surface area contributed by atoms with E-state index in [0.29, 0.717) is 6.07 Å². The summed E-state index contributed by atoms with van der Waals surface area (Å²) >= 11 is 0. The lowest BCUT2D eigenvalue weighted by atomic mass is 10.1. The van der Waals surface area contributed by atoms with Crippen LogP contribution in [0.5, 0.6) is 0 Å². The second-order valence-electron chi connectivity index (χ2n) is 4.62. The van der Waals surface area contributed by atoms with Crippen molar-refractivity contribution in [3.05, 3.63) is 29.6 Å². The van der Waals surface area contributed by atoms with Gasteiger partial charge in [-0.15, -0.1) is 0 Å². The van der Waals surface area contributed by atoms with Crippen LogP contribution in [0.2, 0.25) is 0 Å². The molecule has 0 aliphatic heterocycles. The van der Waals surface area contributed by atoms with Crippen LogP contribution in [-0.2, 0) is 9.59 Å². The van der Waals surface area contributed by atoms with Crippen molar-refractivity contribution in [3.8, 4) is 0 Å². The number of hydrogen-bond donors (Lipinski definition) is 3. The highest BCUT2D eigenvalue weighted by Crippen LogP contribution is 2.18. The fourth-order valence-corrected chi connectivity index (χ4v) is 1.37. The molecule has 0 radical (unpaired) electrons. The molecule has 0 aliphatic rings. The summed E-state index contributed by atoms with van der Waals surface area (Å²) in [5.74, 6) is -6.55. The van der Waals surface area contributed by atoms with Crippen molar-refractivity contribution in [2.45, 2.75) is 19.9 Å². The summed E-state index contributed by atoms with van der Waals surface area (Å²) in [6.07, 6.45) is 0. The second kappa shape index (κ2) is 7.07. The number of nitrogens with one attached hydrogen (secondary N) is 2. The third-order valence-corrected chi connectivity index (χ3v) is 2.96. The minimum absolute atomic E-state index is 0.194. The van der Waals surface area contributed by atoms with Crippen molar-refractivity contribution < 1.29 is 27.9 Å². The Hall–Kier alpha value is -2.09. The summed E-state index contributed by atoms with van der Waals surface area (Å²) in [6.45, 7) is 3.03. The predicted octanol–water partition coefficient (Wildman–Crippen LogP) is 1.18. The summed E-state index contributed by atoms with van der Waals surface area (Å²) in [5.41, 5.74) is -0.642. The molecule has 0 aliphatic carbocycles. The van der Waals surface area contributed by atoms with Crippen LogP contribution in [0.3, 0.4) is 0 Å². The van der Waals surface area contributed by atoms with Crippen LogP contribution >= 0.6 is 0 Å². The van der Waals surface area contributed by atoms with Gasteiger partial charge in [0.25, 0.3) is 0 Å². The van der Waals surface area contributed by atoms with Gasteiger partial charge in [0.1, 0.15) is 5.82 Å². The maximum absolute atomic E-state index is 13.3. The smallest absolute Gasteiger partial charge is 0.313 e. The first-order valence-corrected chi connectivity index (χ1v) is 6.13. The molecule has 2 atom stereocenters. The Morgan fingerprint density at radius 2 is 1.67 bits per heavy atom. The van der Waals surface area contributed by atoms with Crippen LogP contribution in [0.1, 0.15) is 13.8 Å². The molecule has 0 fully saturated rings. The van der Waals surface area contributed by atoms with E-state index >= 15 is 0 Å². The van der Waals surface area contributed by atoms with E-state index in [1.54, 1.807) is 13.8 Å². The van der Waals surface area contributed by atoms with Crippen molar-refractivity contribution in [1.82, 2.24) is 5.32 Å². The maximum atomic E-state index is 13.3. The number of anilines is 1. The number of carbonyl (C=O) groups excluding carboxylic acids is 2. The molecule has 0 bridgehead atoms. The van der Waals surface area contributed by atoms with E-state index in [2.05, 4.69) is 5.32 Å². The Morgan fingerprint density at radius 3 is 2.24 bits per heavy atom. The van der Waals surface area contributed by atoms with E-state index in [-0.39, 0.29) is 18.6 Å². The van der Waals surface area contributed by atoms with Gasteiger partial charge in [-0.1, -0.05) is 6.92 Å². The SMILES string of the molecule is CC(CO)C(C)NC(=O)C(=O)Nc1cc(F)c(F)cc1F. The lowest BCUT2D eigenvalue weighted by Gasteiger charge is -2.18. The summed E-state index contributed by atoms with van der Waals surface area (Å²) < 4.78 is 39.0. The highest BCUT2D eigenvalue weighted by molar-refractivity contribution is 6.39. The van der Waals surface area contributed by atoms with Crippen LogP contribution in [0.25, 0.3) is 0 Å². The molecule has 3 N–H and O–H groups in total. The minimum atomic E-state index is -1.40.